The number of aryl methyl sites for hydroxylation is 2. The Balaban J connectivity index is 2.20. The van der Waals surface area contributed by atoms with Gasteiger partial charge < -0.3 is 15.0 Å². The van der Waals surface area contributed by atoms with Gasteiger partial charge in [-0.3, -0.25) is 9.59 Å². The minimum absolute atomic E-state index is 0.0109. The van der Waals surface area contributed by atoms with Crippen molar-refractivity contribution in [2.45, 2.75) is 59.7 Å². The molecule has 0 aliphatic rings. The maximum atomic E-state index is 13.1. The summed E-state index contributed by atoms with van der Waals surface area (Å²) in [6.07, 6.45) is 0.528. The lowest BCUT2D eigenvalue weighted by Crippen LogP contribution is -2.51. The van der Waals surface area contributed by atoms with Gasteiger partial charge in [-0.2, -0.15) is 0 Å². The molecule has 0 aliphatic heterocycles. The summed E-state index contributed by atoms with van der Waals surface area (Å²) < 4.78 is 5.78. The van der Waals surface area contributed by atoms with Crippen LogP contribution >= 0.6 is 0 Å². The molecule has 2 amide bonds. The highest BCUT2D eigenvalue weighted by Gasteiger charge is 2.29. The number of amides is 2. The Morgan fingerprint density at radius 2 is 1.66 bits per heavy atom. The maximum absolute atomic E-state index is 13.1. The third-order valence-corrected chi connectivity index (χ3v) is 4.57. The zero-order valence-electron chi connectivity index (χ0n) is 18.1. The number of nitrogens with zero attached hydrogens (tertiary/aromatic N) is 1. The van der Waals surface area contributed by atoms with Crippen molar-refractivity contribution < 1.29 is 14.3 Å². The number of hydrogen-bond acceptors (Lipinski definition) is 3. The van der Waals surface area contributed by atoms with Crippen LogP contribution in [0.2, 0.25) is 0 Å². The molecule has 0 saturated heterocycles. The fourth-order valence-corrected chi connectivity index (χ4v) is 3.32. The number of carbonyl (C=O) groups excluding carboxylic acids is 2. The molecule has 2 aromatic carbocycles. The minimum atomic E-state index is -0.548. The second-order valence-corrected chi connectivity index (χ2v) is 7.71. The SMILES string of the molecule is CC[C@@H](C(=O)NC(C)C)N(Cc1ccccc1)C(=O)COc1cc(C)cc(C)c1. The largest absolute Gasteiger partial charge is 0.484 e. The fourth-order valence-electron chi connectivity index (χ4n) is 3.32. The molecule has 2 aromatic rings. The van der Waals surface area contributed by atoms with Crippen molar-refractivity contribution >= 4 is 11.8 Å². The second-order valence-electron chi connectivity index (χ2n) is 7.71. The van der Waals surface area contributed by atoms with Gasteiger partial charge in [0.15, 0.2) is 6.61 Å². The van der Waals surface area contributed by atoms with Gasteiger partial charge in [-0.15, -0.1) is 0 Å². The molecule has 0 saturated carbocycles. The Hall–Kier alpha value is -2.82. The highest BCUT2D eigenvalue weighted by molar-refractivity contribution is 5.88. The first-order valence-corrected chi connectivity index (χ1v) is 10.1. The molecule has 29 heavy (non-hydrogen) atoms. The van der Waals surface area contributed by atoms with Gasteiger partial charge in [0.2, 0.25) is 5.91 Å². The lowest BCUT2D eigenvalue weighted by atomic mass is 10.1. The fraction of sp³-hybridized carbons (Fsp3) is 0.417. The molecule has 5 nitrogen and oxygen atoms in total. The molecule has 0 bridgehead atoms. The average molecular weight is 397 g/mol. The van der Waals surface area contributed by atoms with Crippen molar-refractivity contribution in [1.82, 2.24) is 10.2 Å². The monoisotopic (exact) mass is 396 g/mol. The number of nitrogens with one attached hydrogen (secondary N) is 1. The molecule has 0 aromatic heterocycles. The summed E-state index contributed by atoms with van der Waals surface area (Å²) in [4.78, 5) is 27.5. The van der Waals surface area contributed by atoms with Crippen LogP contribution in [0.4, 0.5) is 0 Å². The summed E-state index contributed by atoms with van der Waals surface area (Å²) in [7, 11) is 0. The smallest absolute Gasteiger partial charge is 0.261 e. The van der Waals surface area contributed by atoms with Crippen molar-refractivity contribution in [2.24, 2.45) is 0 Å². The number of ether oxygens (including phenoxy) is 1. The highest BCUT2D eigenvalue weighted by Crippen LogP contribution is 2.17. The van der Waals surface area contributed by atoms with Gasteiger partial charge >= 0.3 is 0 Å². The normalized spacial score (nSPS) is 11.8. The van der Waals surface area contributed by atoms with E-state index in [-0.39, 0.29) is 24.5 Å². The molecule has 2 rings (SSSR count). The summed E-state index contributed by atoms with van der Waals surface area (Å²) in [5.74, 6) is 0.312. The van der Waals surface area contributed by atoms with E-state index in [9.17, 15) is 9.59 Å². The maximum Gasteiger partial charge on any atom is 0.261 e. The number of benzene rings is 2. The van der Waals surface area contributed by atoms with Gasteiger partial charge in [0.1, 0.15) is 11.8 Å². The van der Waals surface area contributed by atoms with Crippen molar-refractivity contribution in [3.63, 3.8) is 0 Å². The van der Waals surface area contributed by atoms with Crippen molar-refractivity contribution in [2.75, 3.05) is 6.61 Å². The lowest BCUT2D eigenvalue weighted by molar-refractivity contribution is -0.143. The Labute approximate surface area is 174 Å². The second kappa shape index (κ2) is 10.6. The van der Waals surface area contributed by atoms with Gasteiger partial charge in [0.25, 0.3) is 5.91 Å². The van der Waals surface area contributed by atoms with E-state index in [4.69, 9.17) is 4.74 Å². The van der Waals surface area contributed by atoms with E-state index in [1.165, 1.54) is 0 Å². The topological polar surface area (TPSA) is 58.6 Å². The van der Waals surface area contributed by atoms with E-state index in [0.29, 0.717) is 18.7 Å². The molecule has 5 heteroatoms. The van der Waals surface area contributed by atoms with E-state index < -0.39 is 6.04 Å². The standard InChI is InChI=1S/C24H32N2O3/c1-6-22(24(28)25-17(2)3)26(15-20-10-8-7-9-11-20)23(27)16-29-21-13-18(4)12-19(5)14-21/h7-14,17,22H,6,15-16H2,1-5H3,(H,25,28)/t22-/m0/s1. The number of carbonyl (C=O) groups is 2. The van der Waals surface area contributed by atoms with E-state index in [1.807, 2.05) is 77.1 Å². The molecule has 0 radical (unpaired) electrons. The molecule has 0 heterocycles. The van der Waals surface area contributed by atoms with E-state index in [2.05, 4.69) is 11.4 Å². The Bertz CT molecular complexity index is 798. The summed E-state index contributed by atoms with van der Waals surface area (Å²) in [6, 6.07) is 15.0. The van der Waals surface area contributed by atoms with Crippen LogP contribution in [0.3, 0.4) is 0 Å². The van der Waals surface area contributed by atoms with Gasteiger partial charge in [-0.1, -0.05) is 43.3 Å². The van der Waals surface area contributed by atoms with E-state index >= 15 is 0 Å². The zero-order valence-corrected chi connectivity index (χ0v) is 18.1. The van der Waals surface area contributed by atoms with Crippen molar-refractivity contribution in [3.05, 3.63) is 65.2 Å². The van der Waals surface area contributed by atoms with Gasteiger partial charge in [-0.25, -0.2) is 0 Å². The first-order chi connectivity index (χ1) is 13.8. The van der Waals surface area contributed by atoms with Crippen LogP contribution in [0.5, 0.6) is 5.75 Å². The molecule has 0 aliphatic carbocycles. The van der Waals surface area contributed by atoms with E-state index in [0.717, 1.165) is 16.7 Å². The van der Waals surface area contributed by atoms with Crippen LogP contribution < -0.4 is 10.1 Å². The van der Waals surface area contributed by atoms with Crippen LogP contribution in [-0.2, 0) is 16.1 Å². The molecule has 0 unspecified atom stereocenters. The third-order valence-electron chi connectivity index (χ3n) is 4.57. The Kier molecular flexibility index (Phi) is 8.25. The number of rotatable bonds is 9. The van der Waals surface area contributed by atoms with Crippen LogP contribution in [0, 0.1) is 13.8 Å². The van der Waals surface area contributed by atoms with Gasteiger partial charge in [0, 0.05) is 12.6 Å². The summed E-state index contributed by atoms with van der Waals surface area (Å²) in [6.45, 7) is 9.98. The zero-order chi connectivity index (χ0) is 21.4. The van der Waals surface area contributed by atoms with Gasteiger partial charge in [0.05, 0.1) is 0 Å². The van der Waals surface area contributed by atoms with Gasteiger partial charge in [-0.05, 0) is 62.9 Å². The predicted molar refractivity (Wildman–Crippen MR) is 116 cm³/mol. The van der Waals surface area contributed by atoms with E-state index in [1.54, 1.807) is 4.90 Å². The minimum Gasteiger partial charge on any atom is -0.484 e. The Morgan fingerprint density at radius 3 is 2.21 bits per heavy atom. The summed E-state index contributed by atoms with van der Waals surface area (Å²) >= 11 is 0. The molecule has 0 spiro atoms. The van der Waals surface area contributed by atoms with Crippen LogP contribution in [0.1, 0.15) is 43.9 Å². The lowest BCUT2D eigenvalue weighted by Gasteiger charge is -2.31. The van der Waals surface area contributed by atoms with Crippen molar-refractivity contribution in [3.8, 4) is 5.75 Å². The first-order valence-electron chi connectivity index (χ1n) is 10.1. The summed E-state index contributed by atoms with van der Waals surface area (Å²) in [5, 5.41) is 2.93. The highest BCUT2D eigenvalue weighted by atomic mass is 16.5. The summed E-state index contributed by atoms with van der Waals surface area (Å²) in [5.41, 5.74) is 3.13. The predicted octanol–water partition coefficient (Wildman–Crippen LogP) is 4.01. The number of hydrogen-bond donors (Lipinski definition) is 1. The molecule has 1 N–H and O–H groups in total. The first kappa shape index (κ1) is 22.5. The molecular weight excluding hydrogens is 364 g/mol. The quantitative estimate of drug-likeness (QED) is 0.697. The van der Waals surface area contributed by atoms with Crippen LogP contribution in [0.15, 0.2) is 48.5 Å². The molecule has 156 valence electrons. The average Bonchev–Trinajstić information content (AvgIpc) is 2.65. The molecule has 1 atom stereocenters. The molecule has 0 fully saturated rings. The third kappa shape index (κ3) is 6.93. The molecular formula is C24H32N2O3. The Morgan fingerprint density at radius 1 is 1.03 bits per heavy atom. The van der Waals surface area contributed by atoms with Crippen molar-refractivity contribution in [1.29, 1.82) is 0 Å². The van der Waals surface area contributed by atoms with Crippen LogP contribution in [0.25, 0.3) is 0 Å². The van der Waals surface area contributed by atoms with Crippen LogP contribution in [-0.4, -0.2) is 35.4 Å².